The van der Waals surface area contributed by atoms with Gasteiger partial charge in [-0.25, -0.2) is 0 Å². The zero-order chi connectivity index (χ0) is 43.3. The number of rotatable bonds is 5. The highest BCUT2D eigenvalue weighted by atomic mass is 15.0. The molecule has 0 saturated carbocycles. The maximum atomic E-state index is 2.49. The first-order chi connectivity index (χ1) is 32.8. The molecule has 0 saturated heterocycles. The molecule has 2 nitrogen and oxygen atoms in total. The third-order valence-electron chi connectivity index (χ3n) is 14.1. The third-order valence-corrected chi connectivity index (χ3v) is 14.1. The Morgan fingerprint density at radius 3 is 1.08 bits per heavy atom. The van der Waals surface area contributed by atoms with Crippen LogP contribution < -0.4 is 0 Å². The van der Waals surface area contributed by atoms with Crippen molar-refractivity contribution in [3.05, 3.63) is 243 Å². The first kappa shape index (κ1) is 36.7. The van der Waals surface area contributed by atoms with E-state index >= 15 is 0 Å². The molecular formula is C64H40N2. The number of fused-ring (bicyclic) bond motifs is 10. The fourth-order valence-corrected chi connectivity index (χ4v) is 11.2. The van der Waals surface area contributed by atoms with Crippen molar-refractivity contribution < 1.29 is 0 Å². The molecule has 0 amide bonds. The molecule has 2 heterocycles. The van der Waals surface area contributed by atoms with Gasteiger partial charge in [-0.2, -0.15) is 0 Å². The standard InChI is InChI=1S/C64H40N2/c1-3-19-45(20-4-1)65-59-31-13-11-25-51(59)57-38-43(33-35-61(57)65)47-27-15-29-53-55(47)40-56-48(44-34-36-62-58(39-44)52-26-12-14-32-60(52)66(62)46-21-5-2-6-22-46)28-16-30-54(56)64(53)63-49-23-9-7-17-41(49)37-42-18-8-10-24-50(42)63/h1-40H. The molecule has 0 unspecified atom stereocenters. The number of hydrogen-bond donors (Lipinski definition) is 0. The lowest BCUT2D eigenvalue weighted by Crippen LogP contribution is -1.94. The quantitative estimate of drug-likeness (QED) is 0.153. The van der Waals surface area contributed by atoms with Gasteiger partial charge in [-0.15, -0.1) is 0 Å². The summed E-state index contributed by atoms with van der Waals surface area (Å²) in [6, 6.07) is 89.8. The number of hydrogen-bond acceptors (Lipinski definition) is 0. The lowest BCUT2D eigenvalue weighted by Gasteiger charge is -2.20. The van der Waals surface area contributed by atoms with Gasteiger partial charge in [-0.3, -0.25) is 0 Å². The predicted molar refractivity (Wildman–Crippen MR) is 281 cm³/mol. The van der Waals surface area contributed by atoms with Gasteiger partial charge in [0.2, 0.25) is 0 Å². The maximum absolute atomic E-state index is 2.49. The van der Waals surface area contributed by atoms with E-state index in [-0.39, 0.29) is 0 Å². The van der Waals surface area contributed by atoms with E-state index in [0.29, 0.717) is 0 Å². The van der Waals surface area contributed by atoms with Gasteiger partial charge in [0.15, 0.2) is 0 Å². The van der Waals surface area contributed by atoms with Gasteiger partial charge in [0.25, 0.3) is 0 Å². The van der Waals surface area contributed by atoms with Crippen molar-refractivity contribution in [3.63, 3.8) is 0 Å². The molecule has 0 fully saturated rings. The highest BCUT2D eigenvalue weighted by Crippen LogP contribution is 2.48. The largest absolute Gasteiger partial charge is 0.309 e. The molecule has 12 aromatic carbocycles. The van der Waals surface area contributed by atoms with Gasteiger partial charge in [0.1, 0.15) is 0 Å². The van der Waals surface area contributed by atoms with E-state index in [1.54, 1.807) is 0 Å². The lowest BCUT2D eigenvalue weighted by atomic mass is 9.83. The summed E-state index contributed by atoms with van der Waals surface area (Å²) in [6.45, 7) is 0. The maximum Gasteiger partial charge on any atom is 0.0541 e. The van der Waals surface area contributed by atoms with Crippen molar-refractivity contribution >= 4 is 86.7 Å². The Morgan fingerprint density at radius 2 is 0.591 bits per heavy atom. The lowest BCUT2D eigenvalue weighted by molar-refractivity contribution is 1.18. The molecule has 0 bridgehead atoms. The molecule has 66 heavy (non-hydrogen) atoms. The highest BCUT2D eigenvalue weighted by molar-refractivity contribution is 6.26. The van der Waals surface area contributed by atoms with Crippen molar-refractivity contribution in [1.29, 1.82) is 0 Å². The summed E-state index contributed by atoms with van der Waals surface area (Å²) in [5, 5.41) is 14.9. The van der Waals surface area contributed by atoms with Crippen LogP contribution in [0.5, 0.6) is 0 Å². The third kappa shape index (κ3) is 5.42. The van der Waals surface area contributed by atoms with Crippen molar-refractivity contribution in [2.45, 2.75) is 0 Å². The van der Waals surface area contributed by atoms with E-state index in [1.807, 2.05) is 0 Å². The molecule has 0 N–H and O–H groups in total. The molecule has 0 aliphatic heterocycles. The zero-order valence-electron chi connectivity index (χ0n) is 36.0. The Bertz CT molecular complexity index is 4000. The van der Waals surface area contributed by atoms with Crippen molar-refractivity contribution in [2.75, 3.05) is 0 Å². The van der Waals surface area contributed by atoms with Crippen LogP contribution in [0.3, 0.4) is 0 Å². The minimum atomic E-state index is 1.16. The van der Waals surface area contributed by atoms with Crippen LogP contribution in [-0.4, -0.2) is 9.13 Å². The highest BCUT2D eigenvalue weighted by Gasteiger charge is 2.22. The van der Waals surface area contributed by atoms with Crippen LogP contribution in [-0.2, 0) is 0 Å². The number of aromatic nitrogens is 2. The summed E-state index contributed by atoms with van der Waals surface area (Å²) < 4.78 is 4.80. The van der Waals surface area contributed by atoms with Crippen molar-refractivity contribution in [2.24, 2.45) is 0 Å². The molecule has 2 aromatic heterocycles. The van der Waals surface area contributed by atoms with Crippen LogP contribution in [0.25, 0.3) is 131 Å². The molecule has 306 valence electrons. The Labute approximate surface area is 381 Å². The van der Waals surface area contributed by atoms with Gasteiger partial charge >= 0.3 is 0 Å². The Kier molecular flexibility index (Phi) is 8.02. The Hall–Kier alpha value is -8.72. The summed E-state index contributed by atoms with van der Waals surface area (Å²) in [6.07, 6.45) is 0. The van der Waals surface area contributed by atoms with Gasteiger partial charge in [-0.1, -0.05) is 170 Å². The number of benzene rings is 12. The minimum absolute atomic E-state index is 1.16. The van der Waals surface area contributed by atoms with E-state index in [1.165, 1.54) is 120 Å². The molecule has 0 spiro atoms. The minimum Gasteiger partial charge on any atom is -0.309 e. The van der Waals surface area contributed by atoms with Crippen LogP contribution >= 0.6 is 0 Å². The van der Waals surface area contributed by atoms with Crippen LogP contribution in [0.2, 0.25) is 0 Å². The predicted octanol–water partition coefficient (Wildman–Crippen LogP) is 17.5. The average molecular weight is 837 g/mol. The molecule has 2 heteroatoms. The van der Waals surface area contributed by atoms with Crippen LogP contribution in [0, 0.1) is 0 Å². The second-order valence-electron chi connectivity index (χ2n) is 17.6. The van der Waals surface area contributed by atoms with Crippen LogP contribution in [0.1, 0.15) is 0 Å². The molecule has 0 atom stereocenters. The fraction of sp³-hybridized carbons (Fsp3) is 0. The Balaban J connectivity index is 1.09. The fourth-order valence-electron chi connectivity index (χ4n) is 11.2. The van der Waals surface area contributed by atoms with E-state index < -0.39 is 0 Å². The van der Waals surface area contributed by atoms with Gasteiger partial charge in [0.05, 0.1) is 22.1 Å². The van der Waals surface area contributed by atoms with Gasteiger partial charge in [-0.05, 0) is 149 Å². The summed E-state index contributed by atoms with van der Waals surface area (Å²) in [5.74, 6) is 0. The summed E-state index contributed by atoms with van der Waals surface area (Å²) >= 11 is 0. The van der Waals surface area contributed by atoms with Gasteiger partial charge in [0, 0.05) is 32.9 Å². The SMILES string of the molecule is c1ccc(-n2c3ccccc3c3cc(-c4cccc5c(-c6c7ccccc7cc7ccccc67)c6cccc(-c7ccc8c(c7)c7ccccc7n8-c7ccccc7)c6cc45)ccc32)cc1. The second kappa shape index (κ2) is 14.4. The molecule has 0 radical (unpaired) electrons. The number of nitrogens with zero attached hydrogens (tertiary/aromatic N) is 2. The number of para-hydroxylation sites is 4. The van der Waals surface area contributed by atoms with E-state index in [4.69, 9.17) is 0 Å². The molecular weight excluding hydrogens is 797 g/mol. The summed E-state index contributed by atoms with van der Waals surface area (Å²) in [7, 11) is 0. The average Bonchev–Trinajstić information content (AvgIpc) is 3.90. The monoisotopic (exact) mass is 836 g/mol. The van der Waals surface area contributed by atoms with Crippen LogP contribution in [0.4, 0.5) is 0 Å². The normalized spacial score (nSPS) is 11.9. The molecule has 0 aliphatic carbocycles. The van der Waals surface area contributed by atoms with E-state index in [2.05, 4.69) is 252 Å². The van der Waals surface area contributed by atoms with E-state index in [9.17, 15) is 0 Å². The Morgan fingerprint density at radius 1 is 0.212 bits per heavy atom. The molecule has 14 aromatic rings. The summed E-state index contributed by atoms with van der Waals surface area (Å²) in [5.41, 5.74) is 14.5. The zero-order valence-corrected chi connectivity index (χ0v) is 36.0. The molecule has 0 aliphatic rings. The van der Waals surface area contributed by atoms with Crippen LogP contribution in [0.15, 0.2) is 243 Å². The first-order valence-electron chi connectivity index (χ1n) is 22.8. The summed E-state index contributed by atoms with van der Waals surface area (Å²) in [4.78, 5) is 0. The van der Waals surface area contributed by atoms with E-state index in [0.717, 1.165) is 11.4 Å². The van der Waals surface area contributed by atoms with Crippen molar-refractivity contribution in [3.8, 4) is 44.8 Å². The van der Waals surface area contributed by atoms with Gasteiger partial charge < -0.3 is 9.13 Å². The smallest absolute Gasteiger partial charge is 0.0541 e. The second-order valence-corrected chi connectivity index (χ2v) is 17.6. The van der Waals surface area contributed by atoms with Crippen molar-refractivity contribution in [1.82, 2.24) is 9.13 Å². The first-order valence-corrected chi connectivity index (χ1v) is 22.8. The topological polar surface area (TPSA) is 9.86 Å². The molecule has 14 rings (SSSR count).